The molecule has 1 atom stereocenters. The SMILES string of the molecule is C[C@H]1Cc2ccccc2N1CC(=O)Nc1cccc(S(=O)(=O)N(C)C)c1. The van der Waals surface area contributed by atoms with Gasteiger partial charge in [-0.3, -0.25) is 4.79 Å². The average Bonchev–Trinajstić information content (AvgIpc) is 2.90. The molecule has 0 unspecified atom stereocenters. The summed E-state index contributed by atoms with van der Waals surface area (Å²) in [5, 5.41) is 2.81. The van der Waals surface area contributed by atoms with Crippen LogP contribution in [0.4, 0.5) is 11.4 Å². The van der Waals surface area contributed by atoms with Crippen molar-refractivity contribution in [3.8, 4) is 0 Å². The number of benzene rings is 2. The third-order valence-electron chi connectivity index (χ3n) is 4.56. The number of hydrogen-bond donors (Lipinski definition) is 1. The predicted octanol–water partition coefficient (Wildman–Crippen LogP) is 2.33. The van der Waals surface area contributed by atoms with Gasteiger partial charge in [-0.25, -0.2) is 12.7 Å². The molecule has 1 aliphatic rings. The van der Waals surface area contributed by atoms with E-state index in [0.29, 0.717) is 5.69 Å². The molecule has 0 saturated heterocycles. The van der Waals surface area contributed by atoms with E-state index in [1.165, 1.54) is 31.8 Å². The van der Waals surface area contributed by atoms with Crippen molar-refractivity contribution in [1.82, 2.24) is 4.31 Å². The average molecular weight is 373 g/mol. The molecule has 0 aliphatic carbocycles. The minimum Gasteiger partial charge on any atom is -0.359 e. The lowest BCUT2D eigenvalue weighted by Crippen LogP contribution is -2.37. The van der Waals surface area contributed by atoms with Crippen molar-refractivity contribution >= 4 is 27.3 Å². The quantitative estimate of drug-likeness (QED) is 0.873. The number of para-hydroxylation sites is 1. The number of carbonyl (C=O) groups is 1. The van der Waals surface area contributed by atoms with Gasteiger partial charge in [0.05, 0.1) is 11.4 Å². The summed E-state index contributed by atoms with van der Waals surface area (Å²) in [6.45, 7) is 2.32. The highest BCUT2D eigenvalue weighted by Crippen LogP contribution is 2.31. The van der Waals surface area contributed by atoms with E-state index in [1.807, 2.05) is 18.2 Å². The fourth-order valence-corrected chi connectivity index (χ4v) is 4.12. The van der Waals surface area contributed by atoms with E-state index in [1.54, 1.807) is 12.1 Å². The van der Waals surface area contributed by atoms with Gasteiger partial charge in [-0.2, -0.15) is 0 Å². The molecule has 1 N–H and O–H groups in total. The van der Waals surface area contributed by atoms with Crippen LogP contribution in [0.15, 0.2) is 53.4 Å². The summed E-state index contributed by atoms with van der Waals surface area (Å²) < 4.78 is 25.6. The molecular formula is C19H23N3O3S. The molecule has 1 aliphatic heterocycles. The van der Waals surface area contributed by atoms with E-state index in [0.717, 1.165) is 16.4 Å². The molecule has 138 valence electrons. The van der Waals surface area contributed by atoms with Crippen molar-refractivity contribution in [1.29, 1.82) is 0 Å². The van der Waals surface area contributed by atoms with Crippen molar-refractivity contribution < 1.29 is 13.2 Å². The summed E-state index contributed by atoms with van der Waals surface area (Å²) in [6.07, 6.45) is 0.917. The maximum Gasteiger partial charge on any atom is 0.243 e. The molecule has 0 fully saturated rings. The van der Waals surface area contributed by atoms with Crippen LogP contribution in [0.3, 0.4) is 0 Å². The van der Waals surface area contributed by atoms with E-state index in [9.17, 15) is 13.2 Å². The minimum absolute atomic E-state index is 0.153. The van der Waals surface area contributed by atoms with Gasteiger partial charge < -0.3 is 10.2 Å². The van der Waals surface area contributed by atoms with E-state index >= 15 is 0 Å². The molecule has 0 bridgehead atoms. The Bertz CT molecular complexity index is 925. The van der Waals surface area contributed by atoms with Gasteiger partial charge in [-0.1, -0.05) is 24.3 Å². The molecule has 0 aromatic heterocycles. The summed E-state index contributed by atoms with van der Waals surface area (Å²) in [5.74, 6) is -0.173. The molecule has 2 aromatic rings. The Morgan fingerprint density at radius 2 is 1.92 bits per heavy atom. The van der Waals surface area contributed by atoms with Gasteiger partial charge in [0.2, 0.25) is 15.9 Å². The lowest BCUT2D eigenvalue weighted by Gasteiger charge is -2.24. The van der Waals surface area contributed by atoms with Crippen LogP contribution in [-0.2, 0) is 21.2 Å². The second-order valence-electron chi connectivity index (χ2n) is 6.67. The largest absolute Gasteiger partial charge is 0.359 e. The maximum absolute atomic E-state index is 12.5. The van der Waals surface area contributed by atoms with Crippen molar-refractivity contribution in [2.45, 2.75) is 24.3 Å². The number of rotatable bonds is 5. The first-order valence-electron chi connectivity index (χ1n) is 8.46. The molecule has 1 heterocycles. The van der Waals surface area contributed by atoms with Crippen LogP contribution >= 0.6 is 0 Å². The fourth-order valence-electron chi connectivity index (χ4n) is 3.17. The van der Waals surface area contributed by atoms with Gasteiger partial charge in [-0.15, -0.1) is 0 Å². The summed E-state index contributed by atoms with van der Waals surface area (Å²) in [4.78, 5) is 14.7. The zero-order chi connectivity index (χ0) is 18.9. The van der Waals surface area contributed by atoms with Crippen LogP contribution in [0.5, 0.6) is 0 Å². The van der Waals surface area contributed by atoms with Gasteiger partial charge >= 0.3 is 0 Å². The zero-order valence-electron chi connectivity index (χ0n) is 15.1. The molecule has 0 spiro atoms. The topological polar surface area (TPSA) is 69.7 Å². The number of carbonyl (C=O) groups excluding carboxylic acids is 1. The van der Waals surface area contributed by atoms with Crippen molar-refractivity contribution in [2.75, 3.05) is 30.9 Å². The number of hydrogen-bond acceptors (Lipinski definition) is 4. The van der Waals surface area contributed by atoms with Crippen molar-refractivity contribution in [3.63, 3.8) is 0 Å². The highest BCUT2D eigenvalue weighted by molar-refractivity contribution is 7.89. The number of nitrogens with zero attached hydrogens (tertiary/aromatic N) is 2. The van der Waals surface area contributed by atoms with Crippen molar-refractivity contribution in [3.05, 3.63) is 54.1 Å². The Morgan fingerprint density at radius 3 is 2.65 bits per heavy atom. The van der Waals surface area contributed by atoms with Crippen molar-refractivity contribution in [2.24, 2.45) is 0 Å². The monoisotopic (exact) mass is 373 g/mol. The minimum atomic E-state index is -3.53. The third kappa shape index (κ3) is 3.59. The first-order valence-corrected chi connectivity index (χ1v) is 9.90. The molecule has 6 nitrogen and oxygen atoms in total. The van der Waals surface area contributed by atoms with E-state index < -0.39 is 10.0 Å². The smallest absolute Gasteiger partial charge is 0.243 e. The number of amides is 1. The summed E-state index contributed by atoms with van der Waals surface area (Å²) in [7, 11) is -0.577. The molecular weight excluding hydrogens is 350 g/mol. The Morgan fingerprint density at radius 1 is 1.19 bits per heavy atom. The Labute approximate surface area is 154 Å². The second-order valence-corrected chi connectivity index (χ2v) is 8.83. The van der Waals surface area contributed by atoms with Crippen LogP contribution in [0.2, 0.25) is 0 Å². The van der Waals surface area contributed by atoms with Crippen LogP contribution in [0, 0.1) is 0 Å². The Balaban J connectivity index is 1.74. The van der Waals surface area contributed by atoms with E-state index in [4.69, 9.17) is 0 Å². The maximum atomic E-state index is 12.5. The van der Waals surface area contributed by atoms with Gasteiger partial charge in [0.15, 0.2) is 0 Å². The van der Waals surface area contributed by atoms with Gasteiger partial charge in [0.25, 0.3) is 0 Å². The van der Waals surface area contributed by atoms with Crippen LogP contribution in [0.1, 0.15) is 12.5 Å². The van der Waals surface area contributed by atoms with Gasteiger partial charge in [0, 0.05) is 31.5 Å². The van der Waals surface area contributed by atoms with E-state index in [2.05, 4.69) is 23.2 Å². The summed E-state index contributed by atoms with van der Waals surface area (Å²) in [5.41, 5.74) is 2.80. The predicted molar refractivity (Wildman–Crippen MR) is 103 cm³/mol. The Hall–Kier alpha value is -2.38. The molecule has 26 heavy (non-hydrogen) atoms. The number of fused-ring (bicyclic) bond motifs is 1. The van der Waals surface area contributed by atoms with Crippen LogP contribution in [-0.4, -0.2) is 45.3 Å². The van der Waals surface area contributed by atoms with Crippen LogP contribution in [0.25, 0.3) is 0 Å². The first kappa shape index (κ1) is 18.4. The highest BCUT2D eigenvalue weighted by Gasteiger charge is 2.27. The van der Waals surface area contributed by atoms with Gasteiger partial charge in [-0.05, 0) is 43.2 Å². The molecule has 3 rings (SSSR count). The standard InChI is InChI=1S/C19H23N3O3S/c1-14-11-15-7-4-5-10-18(15)22(14)13-19(23)20-16-8-6-9-17(12-16)26(24,25)21(2)3/h4-10,12,14H,11,13H2,1-3H3,(H,20,23)/t14-/m0/s1. The molecule has 0 saturated carbocycles. The number of nitrogens with one attached hydrogen (secondary N) is 1. The summed E-state index contributed by atoms with van der Waals surface area (Å²) >= 11 is 0. The first-order chi connectivity index (χ1) is 12.3. The molecule has 2 aromatic carbocycles. The fraction of sp³-hybridized carbons (Fsp3) is 0.316. The highest BCUT2D eigenvalue weighted by atomic mass is 32.2. The number of sulfonamides is 1. The summed E-state index contributed by atoms with van der Waals surface area (Å²) in [6, 6.07) is 14.6. The lowest BCUT2D eigenvalue weighted by atomic mass is 10.1. The Kier molecular flexibility index (Phi) is 5.02. The molecule has 1 amide bonds. The molecule has 0 radical (unpaired) electrons. The molecule has 7 heteroatoms. The lowest BCUT2D eigenvalue weighted by molar-refractivity contribution is -0.115. The van der Waals surface area contributed by atoms with Crippen LogP contribution < -0.4 is 10.2 Å². The normalized spacial score (nSPS) is 16.6. The van der Waals surface area contributed by atoms with E-state index in [-0.39, 0.29) is 23.4 Å². The zero-order valence-corrected chi connectivity index (χ0v) is 16.0. The second kappa shape index (κ2) is 7.09. The third-order valence-corrected chi connectivity index (χ3v) is 6.37. The number of anilines is 2. The van der Waals surface area contributed by atoms with Gasteiger partial charge in [0.1, 0.15) is 0 Å².